The van der Waals surface area contributed by atoms with Crippen LogP contribution in [0.4, 0.5) is 0 Å². The number of ether oxygens (including phenoxy) is 1. The molecule has 0 aliphatic carbocycles. The lowest BCUT2D eigenvalue weighted by Crippen LogP contribution is -1.96. The number of hydrogen-bond donors (Lipinski definition) is 0. The monoisotopic (exact) mass is 332 g/mol. The van der Waals surface area contributed by atoms with Crippen molar-refractivity contribution in [2.24, 2.45) is 0 Å². The average Bonchev–Trinajstić information content (AvgIpc) is 2.66. The van der Waals surface area contributed by atoms with Crippen molar-refractivity contribution in [2.75, 3.05) is 0 Å². The predicted molar refractivity (Wildman–Crippen MR) is 96.5 cm³/mol. The first kappa shape index (κ1) is 16.4. The van der Waals surface area contributed by atoms with Crippen LogP contribution in [-0.4, -0.2) is 9.91 Å². The van der Waals surface area contributed by atoms with Gasteiger partial charge in [0, 0.05) is 18.5 Å². The van der Waals surface area contributed by atoms with Crippen LogP contribution in [0, 0.1) is 10.1 Å². The molecule has 0 aliphatic heterocycles. The molecule has 5 heteroatoms. The maximum absolute atomic E-state index is 10.6. The van der Waals surface area contributed by atoms with E-state index in [2.05, 4.69) is 4.98 Å². The summed E-state index contributed by atoms with van der Waals surface area (Å²) in [7, 11) is 0. The minimum Gasteiger partial charge on any atom is -0.489 e. The molecule has 25 heavy (non-hydrogen) atoms. The highest BCUT2D eigenvalue weighted by atomic mass is 16.6. The Labute approximate surface area is 145 Å². The Kier molecular flexibility index (Phi) is 5.16. The van der Waals surface area contributed by atoms with Gasteiger partial charge in [-0.1, -0.05) is 36.4 Å². The third kappa shape index (κ3) is 4.51. The van der Waals surface area contributed by atoms with Gasteiger partial charge in [-0.25, -0.2) is 0 Å². The first-order chi connectivity index (χ1) is 12.2. The maximum Gasteiger partial charge on any atom is 0.235 e. The summed E-state index contributed by atoms with van der Waals surface area (Å²) in [5.74, 6) is 0.703. The Hall–Kier alpha value is -3.47. The lowest BCUT2D eigenvalue weighted by molar-refractivity contribution is -0.400. The van der Waals surface area contributed by atoms with Gasteiger partial charge in [0.15, 0.2) is 0 Å². The second-order valence-corrected chi connectivity index (χ2v) is 5.36. The molecule has 0 amide bonds. The van der Waals surface area contributed by atoms with E-state index < -0.39 is 4.92 Å². The van der Waals surface area contributed by atoms with Crippen molar-refractivity contribution in [1.29, 1.82) is 0 Å². The smallest absolute Gasteiger partial charge is 0.235 e. The van der Waals surface area contributed by atoms with E-state index in [0.29, 0.717) is 12.4 Å². The van der Waals surface area contributed by atoms with Crippen molar-refractivity contribution in [3.05, 3.63) is 100 Å². The molecule has 0 aliphatic rings. The molecule has 3 aromatic rings. The summed E-state index contributed by atoms with van der Waals surface area (Å²) >= 11 is 0. The average molecular weight is 332 g/mol. The number of pyridine rings is 1. The molecule has 0 N–H and O–H groups in total. The summed E-state index contributed by atoms with van der Waals surface area (Å²) in [5, 5.41) is 10.6. The van der Waals surface area contributed by atoms with Gasteiger partial charge < -0.3 is 4.74 Å². The first-order valence-corrected chi connectivity index (χ1v) is 7.75. The summed E-state index contributed by atoms with van der Waals surface area (Å²) in [6.07, 6.45) is 5.79. The predicted octanol–water partition coefficient (Wildman–Crippen LogP) is 4.58. The van der Waals surface area contributed by atoms with Gasteiger partial charge in [0.2, 0.25) is 6.20 Å². The molecule has 0 radical (unpaired) electrons. The molecule has 0 saturated heterocycles. The van der Waals surface area contributed by atoms with Crippen LogP contribution in [-0.2, 0) is 6.61 Å². The zero-order chi connectivity index (χ0) is 17.5. The maximum atomic E-state index is 10.6. The number of benzene rings is 2. The van der Waals surface area contributed by atoms with Crippen molar-refractivity contribution in [3.63, 3.8) is 0 Å². The van der Waals surface area contributed by atoms with Gasteiger partial charge in [0.1, 0.15) is 12.4 Å². The Balaban J connectivity index is 1.90. The Morgan fingerprint density at radius 2 is 1.80 bits per heavy atom. The first-order valence-electron chi connectivity index (χ1n) is 7.75. The Morgan fingerprint density at radius 1 is 1.04 bits per heavy atom. The zero-order valence-electron chi connectivity index (χ0n) is 13.4. The van der Waals surface area contributed by atoms with Crippen LogP contribution >= 0.6 is 0 Å². The third-order valence-corrected chi connectivity index (χ3v) is 3.64. The molecule has 3 rings (SSSR count). The second-order valence-electron chi connectivity index (χ2n) is 5.36. The number of nitrogens with zero attached hydrogens (tertiary/aromatic N) is 2. The molecule has 0 atom stereocenters. The molecule has 1 aromatic heterocycles. The van der Waals surface area contributed by atoms with Gasteiger partial charge in [-0.3, -0.25) is 15.1 Å². The Bertz CT molecular complexity index is 878. The summed E-state index contributed by atoms with van der Waals surface area (Å²) in [4.78, 5) is 14.2. The SMILES string of the molecule is O=[N+]([O-])/C=C/c1ccc(OCc2ccccc2)cc1-c1ccncc1. The highest BCUT2D eigenvalue weighted by molar-refractivity contribution is 5.76. The lowest BCUT2D eigenvalue weighted by atomic mass is 10.00. The van der Waals surface area contributed by atoms with Crippen molar-refractivity contribution in [1.82, 2.24) is 4.98 Å². The molecule has 124 valence electrons. The van der Waals surface area contributed by atoms with Crippen LogP contribution in [0.3, 0.4) is 0 Å². The number of hydrogen-bond acceptors (Lipinski definition) is 4. The summed E-state index contributed by atoms with van der Waals surface area (Å²) in [6, 6.07) is 19.1. The number of aromatic nitrogens is 1. The van der Waals surface area contributed by atoms with Crippen LogP contribution < -0.4 is 4.74 Å². The fourth-order valence-corrected chi connectivity index (χ4v) is 2.43. The summed E-state index contributed by atoms with van der Waals surface area (Å²) < 4.78 is 5.86. The normalized spacial score (nSPS) is 10.7. The number of rotatable bonds is 6. The van der Waals surface area contributed by atoms with Crippen LogP contribution in [0.2, 0.25) is 0 Å². The largest absolute Gasteiger partial charge is 0.489 e. The van der Waals surface area contributed by atoms with E-state index in [4.69, 9.17) is 4.74 Å². The van der Waals surface area contributed by atoms with Gasteiger partial charge in [-0.05, 0) is 46.5 Å². The number of nitro groups is 1. The Morgan fingerprint density at radius 3 is 2.52 bits per heavy atom. The molecule has 0 fully saturated rings. The van der Waals surface area contributed by atoms with E-state index in [1.807, 2.05) is 60.7 Å². The van der Waals surface area contributed by atoms with E-state index >= 15 is 0 Å². The topological polar surface area (TPSA) is 65.3 Å². The molecule has 0 bridgehead atoms. The van der Waals surface area contributed by atoms with Crippen molar-refractivity contribution in [3.8, 4) is 16.9 Å². The highest BCUT2D eigenvalue weighted by Crippen LogP contribution is 2.29. The van der Waals surface area contributed by atoms with Crippen LogP contribution in [0.5, 0.6) is 5.75 Å². The molecule has 0 saturated carbocycles. The molecular weight excluding hydrogens is 316 g/mol. The van der Waals surface area contributed by atoms with Crippen molar-refractivity contribution >= 4 is 6.08 Å². The van der Waals surface area contributed by atoms with E-state index in [1.54, 1.807) is 12.4 Å². The molecule has 0 unspecified atom stereocenters. The molecule has 5 nitrogen and oxygen atoms in total. The fraction of sp³-hybridized carbons (Fsp3) is 0.0500. The fourth-order valence-electron chi connectivity index (χ4n) is 2.43. The van der Waals surface area contributed by atoms with E-state index in [1.165, 1.54) is 6.08 Å². The zero-order valence-corrected chi connectivity index (χ0v) is 13.4. The second kappa shape index (κ2) is 7.88. The van der Waals surface area contributed by atoms with Crippen molar-refractivity contribution in [2.45, 2.75) is 6.61 Å². The molecule has 0 spiro atoms. The standard InChI is InChI=1S/C20H16N2O3/c23-22(24)13-10-17-6-7-19(25-15-16-4-2-1-3-5-16)14-20(17)18-8-11-21-12-9-18/h1-14H,15H2/b13-10+. The third-order valence-electron chi connectivity index (χ3n) is 3.64. The van der Waals surface area contributed by atoms with Crippen LogP contribution in [0.1, 0.15) is 11.1 Å². The molecular formula is C20H16N2O3. The van der Waals surface area contributed by atoms with Gasteiger partial charge >= 0.3 is 0 Å². The van der Waals surface area contributed by atoms with E-state index in [-0.39, 0.29) is 0 Å². The molecule has 1 heterocycles. The molecule has 2 aromatic carbocycles. The van der Waals surface area contributed by atoms with Gasteiger partial charge in [0.25, 0.3) is 0 Å². The lowest BCUT2D eigenvalue weighted by Gasteiger charge is -2.11. The van der Waals surface area contributed by atoms with Crippen LogP contribution in [0.25, 0.3) is 17.2 Å². The van der Waals surface area contributed by atoms with E-state index in [9.17, 15) is 10.1 Å². The highest BCUT2D eigenvalue weighted by Gasteiger charge is 2.07. The van der Waals surface area contributed by atoms with E-state index in [0.717, 1.165) is 28.5 Å². The quantitative estimate of drug-likeness (QED) is 0.490. The van der Waals surface area contributed by atoms with Crippen LogP contribution in [0.15, 0.2) is 79.3 Å². The summed E-state index contributed by atoms with van der Waals surface area (Å²) in [6.45, 7) is 0.459. The minimum absolute atomic E-state index is 0.459. The van der Waals surface area contributed by atoms with Crippen molar-refractivity contribution < 1.29 is 9.66 Å². The minimum atomic E-state index is -0.476. The van der Waals surface area contributed by atoms with Gasteiger partial charge in [0.05, 0.1) is 4.92 Å². The van der Waals surface area contributed by atoms with Gasteiger partial charge in [-0.15, -0.1) is 0 Å². The summed E-state index contributed by atoms with van der Waals surface area (Å²) in [5.41, 5.74) is 3.59. The van der Waals surface area contributed by atoms with Gasteiger partial charge in [-0.2, -0.15) is 0 Å².